The van der Waals surface area contributed by atoms with E-state index in [4.69, 9.17) is 9.47 Å². The molecular weight excluding hydrogens is 332 g/mol. The molecule has 2 aromatic rings. The highest BCUT2D eigenvalue weighted by molar-refractivity contribution is 5.93. The molecule has 3 heterocycles. The number of aromatic nitrogens is 2. The third-order valence-electron chi connectivity index (χ3n) is 4.70. The van der Waals surface area contributed by atoms with E-state index in [-0.39, 0.29) is 11.8 Å². The maximum atomic E-state index is 12.4. The number of anilines is 1. The zero-order valence-electron chi connectivity index (χ0n) is 14.6. The van der Waals surface area contributed by atoms with Crippen LogP contribution >= 0.6 is 0 Å². The number of hydrogen-bond donors (Lipinski definition) is 1. The largest absolute Gasteiger partial charge is 0.493 e. The van der Waals surface area contributed by atoms with E-state index >= 15 is 0 Å². The van der Waals surface area contributed by atoms with Crippen LogP contribution < -0.4 is 15.0 Å². The van der Waals surface area contributed by atoms with Crippen LogP contribution in [0.2, 0.25) is 0 Å². The topological polar surface area (TPSA) is 76.6 Å². The van der Waals surface area contributed by atoms with Crippen LogP contribution in [0.3, 0.4) is 0 Å². The van der Waals surface area contributed by atoms with E-state index in [1.807, 2.05) is 18.2 Å². The second kappa shape index (κ2) is 7.70. The van der Waals surface area contributed by atoms with Gasteiger partial charge in [0.1, 0.15) is 5.75 Å². The summed E-state index contributed by atoms with van der Waals surface area (Å²) in [7, 11) is 0. The minimum atomic E-state index is -0.155. The Morgan fingerprint density at radius 2 is 1.96 bits per heavy atom. The smallest absolute Gasteiger partial charge is 0.254 e. The molecule has 0 saturated carbocycles. The zero-order valence-corrected chi connectivity index (χ0v) is 14.6. The van der Waals surface area contributed by atoms with E-state index in [1.54, 1.807) is 12.4 Å². The van der Waals surface area contributed by atoms with Crippen molar-refractivity contribution in [1.82, 2.24) is 15.3 Å². The molecule has 1 N–H and O–H groups in total. The van der Waals surface area contributed by atoms with E-state index in [9.17, 15) is 4.79 Å². The Morgan fingerprint density at radius 3 is 2.77 bits per heavy atom. The monoisotopic (exact) mass is 354 g/mol. The van der Waals surface area contributed by atoms with Crippen LogP contribution in [0.5, 0.6) is 5.75 Å². The summed E-state index contributed by atoms with van der Waals surface area (Å²) < 4.78 is 11.1. The molecule has 136 valence electrons. The summed E-state index contributed by atoms with van der Waals surface area (Å²) in [6.45, 7) is 4.09. The SMILES string of the molecule is O=C(NCC1COc2ccccc2C1)c1cnc(N2CCOCC2)nc1. The fraction of sp³-hybridized carbons (Fsp3) is 0.421. The third kappa shape index (κ3) is 3.77. The lowest BCUT2D eigenvalue weighted by Crippen LogP contribution is -2.37. The molecule has 0 radical (unpaired) electrons. The van der Waals surface area contributed by atoms with Gasteiger partial charge in [-0.1, -0.05) is 18.2 Å². The van der Waals surface area contributed by atoms with Gasteiger partial charge >= 0.3 is 0 Å². The van der Waals surface area contributed by atoms with Gasteiger partial charge < -0.3 is 19.7 Å². The number of hydrogen-bond acceptors (Lipinski definition) is 6. The molecule has 2 aliphatic rings. The molecule has 1 unspecified atom stereocenters. The van der Waals surface area contributed by atoms with Crippen LogP contribution in [0, 0.1) is 5.92 Å². The molecule has 26 heavy (non-hydrogen) atoms. The van der Waals surface area contributed by atoms with E-state index in [1.165, 1.54) is 5.56 Å². The second-order valence-electron chi connectivity index (χ2n) is 6.57. The highest BCUT2D eigenvalue weighted by atomic mass is 16.5. The maximum Gasteiger partial charge on any atom is 0.254 e. The Kier molecular flexibility index (Phi) is 4.97. The van der Waals surface area contributed by atoms with Gasteiger partial charge in [0.25, 0.3) is 5.91 Å². The van der Waals surface area contributed by atoms with Crippen molar-refractivity contribution in [2.24, 2.45) is 5.92 Å². The molecule has 0 spiro atoms. The summed E-state index contributed by atoms with van der Waals surface area (Å²) >= 11 is 0. The highest BCUT2D eigenvalue weighted by Crippen LogP contribution is 2.26. The lowest BCUT2D eigenvalue weighted by Gasteiger charge is -2.26. The first-order valence-corrected chi connectivity index (χ1v) is 8.93. The molecular formula is C19H22N4O3. The van der Waals surface area contributed by atoms with Gasteiger partial charge in [-0.3, -0.25) is 4.79 Å². The molecule has 1 saturated heterocycles. The third-order valence-corrected chi connectivity index (χ3v) is 4.70. The van der Waals surface area contributed by atoms with Gasteiger partial charge in [0.15, 0.2) is 0 Å². The summed E-state index contributed by atoms with van der Waals surface area (Å²) in [6, 6.07) is 8.04. The maximum absolute atomic E-state index is 12.4. The molecule has 2 aliphatic heterocycles. The van der Waals surface area contributed by atoms with Crippen LogP contribution in [0.1, 0.15) is 15.9 Å². The standard InChI is InChI=1S/C19H22N4O3/c24-18(16-11-21-19(22-12-16)23-5-7-25-8-6-23)20-10-14-9-15-3-1-2-4-17(15)26-13-14/h1-4,11-12,14H,5-10,13H2,(H,20,24). The predicted molar refractivity (Wildman–Crippen MR) is 96.5 cm³/mol. The van der Waals surface area contributed by atoms with E-state index in [0.717, 1.165) is 25.3 Å². The number of amides is 1. The predicted octanol–water partition coefficient (Wildman–Crippen LogP) is 1.29. The fourth-order valence-corrected chi connectivity index (χ4v) is 3.23. The number of nitrogens with one attached hydrogen (secondary N) is 1. The Morgan fingerprint density at radius 1 is 1.19 bits per heavy atom. The number of carbonyl (C=O) groups is 1. The summed E-state index contributed by atoms with van der Waals surface area (Å²) in [4.78, 5) is 23.1. The van der Waals surface area contributed by atoms with Gasteiger partial charge in [-0.15, -0.1) is 0 Å². The number of nitrogens with zero attached hydrogens (tertiary/aromatic N) is 3. The van der Waals surface area contributed by atoms with E-state index < -0.39 is 0 Å². The van der Waals surface area contributed by atoms with Crippen molar-refractivity contribution in [2.45, 2.75) is 6.42 Å². The first-order chi connectivity index (χ1) is 12.8. The molecule has 4 rings (SSSR count). The zero-order chi connectivity index (χ0) is 17.8. The van der Waals surface area contributed by atoms with Crippen molar-refractivity contribution in [3.8, 4) is 5.75 Å². The number of benzene rings is 1. The van der Waals surface area contributed by atoms with Gasteiger partial charge in [-0.05, 0) is 18.1 Å². The minimum absolute atomic E-state index is 0.155. The summed E-state index contributed by atoms with van der Waals surface area (Å²) in [6.07, 6.45) is 4.07. The molecule has 1 aromatic heterocycles. The van der Waals surface area contributed by atoms with Crippen molar-refractivity contribution in [1.29, 1.82) is 0 Å². The number of carbonyl (C=O) groups excluding carboxylic acids is 1. The number of fused-ring (bicyclic) bond motifs is 1. The lowest BCUT2D eigenvalue weighted by atomic mass is 9.97. The number of morpholine rings is 1. The van der Waals surface area contributed by atoms with Crippen LogP contribution in [-0.2, 0) is 11.2 Å². The number of para-hydroxylation sites is 1. The summed E-state index contributed by atoms with van der Waals surface area (Å²) in [5.41, 5.74) is 1.66. The average molecular weight is 354 g/mol. The van der Waals surface area contributed by atoms with Crippen molar-refractivity contribution in [2.75, 3.05) is 44.4 Å². The van der Waals surface area contributed by atoms with Crippen molar-refractivity contribution in [3.05, 3.63) is 47.8 Å². The van der Waals surface area contributed by atoms with Crippen molar-refractivity contribution < 1.29 is 14.3 Å². The van der Waals surface area contributed by atoms with Crippen LogP contribution in [-0.4, -0.2) is 55.3 Å². The summed E-state index contributed by atoms with van der Waals surface area (Å²) in [5.74, 6) is 1.70. The van der Waals surface area contributed by atoms with Gasteiger partial charge in [-0.25, -0.2) is 9.97 Å². The lowest BCUT2D eigenvalue weighted by molar-refractivity contribution is 0.0938. The minimum Gasteiger partial charge on any atom is -0.493 e. The molecule has 1 atom stereocenters. The summed E-state index contributed by atoms with van der Waals surface area (Å²) in [5, 5.41) is 2.97. The average Bonchev–Trinajstić information content (AvgIpc) is 2.72. The van der Waals surface area contributed by atoms with Gasteiger partial charge in [0.05, 0.1) is 25.4 Å². The first-order valence-electron chi connectivity index (χ1n) is 8.93. The molecule has 7 heteroatoms. The number of rotatable bonds is 4. The van der Waals surface area contributed by atoms with Gasteiger partial charge in [-0.2, -0.15) is 0 Å². The molecule has 1 amide bonds. The molecule has 1 aromatic carbocycles. The number of ether oxygens (including phenoxy) is 2. The Hall–Kier alpha value is -2.67. The Bertz CT molecular complexity index is 760. The van der Waals surface area contributed by atoms with E-state index in [0.29, 0.717) is 37.9 Å². The van der Waals surface area contributed by atoms with Crippen molar-refractivity contribution in [3.63, 3.8) is 0 Å². The Balaban J connectivity index is 1.31. The molecule has 7 nitrogen and oxygen atoms in total. The normalized spacial score (nSPS) is 19.4. The van der Waals surface area contributed by atoms with Crippen LogP contribution in [0.4, 0.5) is 5.95 Å². The fourth-order valence-electron chi connectivity index (χ4n) is 3.23. The molecule has 0 bridgehead atoms. The molecule has 1 fully saturated rings. The Labute approximate surface area is 152 Å². The quantitative estimate of drug-likeness (QED) is 0.892. The van der Waals surface area contributed by atoms with Gasteiger partial charge in [0, 0.05) is 37.9 Å². The van der Waals surface area contributed by atoms with Gasteiger partial charge in [0.2, 0.25) is 5.95 Å². The molecule has 0 aliphatic carbocycles. The first kappa shape index (κ1) is 16.8. The van der Waals surface area contributed by atoms with Crippen LogP contribution in [0.25, 0.3) is 0 Å². The van der Waals surface area contributed by atoms with Crippen molar-refractivity contribution >= 4 is 11.9 Å². The van der Waals surface area contributed by atoms with E-state index in [2.05, 4.69) is 26.3 Å². The second-order valence-corrected chi connectivity index (χ2v) is 6.57. The van der Waals surface area contributed by atoms with Crippen LogP contribution in [0.15, 0.2) is 36.7 Å². The highest BCUT2D eigenvalue weighted by Gasteiger charge is 2.20.